The highest BCUT2D eigenvalue weighted by molar-refractivity contribution is 5.69. The summed E-state index contributed by atoms with van der Waals surface area (Å²) in [6.45, 7) is 7.96. The number of carbonyl (C=O) groups is 2. The first-order chi connectivity index (χ1) is 12.3. The van der Waals surface area contributed by atoms with Gasteiger partial charge in [-0.15, -0.1) is 0 Å². The molecule has 1 saturated heterocycles. The summed E-state index contributed by atoms with van der Waals surface area (Å²) in [6.07, 6.45) is 3.81. The summed E-state index contributed by atoms with van der Waals surface area (Å²) in [7, 11) is 0. The molecule has 0 unspecified atom stereocenters. The molecule has 1 amide bonds. The number of rotatable bonds is 7. The van der Waals surface area contributed by atoms with Crippen molar-refractivity contribution in [3.63, 3.8) is 0 Å². The minimum Gasteiger partial charge on any atom is -0.444 e. The minimum atomic E-state index is -0.494. The maximum atomic E-state index is 12.1. The van der Waals surface area contributed by atoms with E-state index in [0.29, 0.717) is 39.1 Å². The van der Waals surface area contributed by atoms with E-state index in [1.165, 1.54) is 0 Å². The molecule has 0 N–H and O–H groups in total. The van der Waals surface area contributed by atoms with Crippen LogP contribution in [0.25, 0.3) is 0 Å². The van der Waals surface area contributed by atoms with Gasteiger partial charge in [0.1, 0.15) is 11.9 Å². The highest BCUT2D eigenvalue weighted by Crippen LogP contribution is 2.34. The predicted octanol–water partition coefficient (Wildman–Crippen LogP) is 4.20. The molecule has 1 aromatic carbocycles. The minimum absolute atomic E-state index is 0.289. The topological polar surface area (TPSA) is 55.8 Å². The summed E-state index contributed by atoms with van der Waals surface area (Å²) < 4.78 is 11.1. The molecule has 26 heavy (non-hydrogen) atoms. The van der Waals surface area contributed by atoms with E-state index in [4.69, 9.17) is 9.47 Å². The zero-order valence-electron chi connectivity index (χ0n) is 16.2. The van der Waals surface area contributed by atoms with Crippen LogP contribution in [0.1, 0.15) is 52.0 Å². The van der Waals surface area contributed by atoms with E-state index in [-0.39, 0.29) is 11.5 Å². The lowest BCUT2D eigenvalue weighted by molar-refractivity contribution is -0.119. The molecule has 0 bridgehead atoms. The lowest BCUT2D eigenvalue weighted by Crippen LogP contribution is -2.45. The first-order valence-corrected chi connectivity index (χ1v) is 9.40. The molecule has 2 rings (SSSR count). The Kier molecular flexibility index (Phi) is 7.21. The van der Waals surface area contributed by atoms with Crippen molar-refractivity contribution >= 4 is 12.4 Å². The Morgan fingerprint density at radius 1 is 1.19 bits per heavy atom. The zero-order valence-corrected chi connectivity index (χ0v) is 16.2. The van der Waals surface area contributed by atoms with Crippen molar-refractivity contribution in [2.24, 2.45) is 5.41 Å². The van der Waals surface area contributed by atoms with Crippen molar-refractivity contribution in [3.05, 3.63) is 35.9 Å². The Bertz CT molecular complexity index is 571. The van der Waals surface area contributed by atoms with Crippen LogP contribution in [0, 0.1) is 5.41 Å². The summed E-state index contributed by atoms with van der Waals surface area (Å²) in [6, 6.07) is 10.1. The van der Waals surface area contributed by atoms with Gasteiger partial charge in [-0.25, -0.2) is 4.79 Å². The van der Waals surface area contributed by atoms with Crippen LogP contribution in [0.15, 0.2) is 30.3 Å². The Morgan fingerprint density at radius 3 is 2.42 bits per heavy atom. The van der Waals surface area contributed by atoms with E-state index in [1.54, 1.807) is 4.90 Å². The van der Waals surface area contributed by atoms with Crippen LogP contribution >= 0.6 is 0 Å². The Balaban J connectivity index is 1.71. The number of hydrogen-bond acceptors (Lipinski definition) is 4. The fraction of sp³-hybridized carbons (Fsp3) is 0.619. The van der Waals surface area contributed by atoms with E-state index >= 15 is 0 Å². The van der Waals surface area contributed by atoms with Gasteiger partial charge in [-0.3, -0.25) is 0 Å². The maximum absolute atomic E-state index is 12.1. The second-order valence-corrected chi connectivity index (χ2v) is 8.09. The van der Waals surface area contributed by atoms with Gasteiger partial charge in [-0.1, -0.05) is 30.3 Å². The second kappa shape index (κ2) is 9.17. The largest absolute Gasteiger partial charge is 0.444 e. The molecular formula is C21H31NO4. The molecule has 1 fully saturated rings. The first-order valence-electron chi connectivity index (χ1n) is 9.40. The van der Waals surface area contributed by atoms with Crippen LogP contribution in [0.3, 0.4) is 0 Å². The van der Waals surface area contributed by atoms with Gasteiger partial charge in [0.05, 0.1) is 6.61 Å². The summed E-state index contributed by atoms with van der Waals surface area (Å²) in [5, 5.41) is 0. The molecule has 1 aliphatic rings. The molecule has 0 radical (unpaired) electrons. The Morgan fingerprint density at radius 2 is 1.85 bits per heavy atom. The van der Waals surface area contributed by atoms with Crippen molar-refractivity contribution in [2.75, 3.05) is 19.7 Å². The number of amides is 1. The molecular weight excluding hydrogens is 330 g/mol. The van der Waals surface area contributed by atoms with E-state index < -0.39 is 5.60 Å². The fourth-order valence-electron chi connectivity index (χ4n) is 3.18. The Labute approximate surface area is 156 Å². The number of piperidine rings is 1. The van der Waals surface area contributed by atoms with Crippen molar-refractivity contribution in [2.45, 2.75) is 58.7 Å². The normalized spacial score (nSPS) is 17.0. The highest BCUT2D eigenvalue weighted by atomic mass is 16.6. The third-order valence-corrected chi connectivity index (χ3v) is 4.74. The molecule has 0 aromatic heterocycles. The Hall–Kier alpha value is -1.88. The molecule has 5 heteroatoms. The number of benzene rings is 1. The van der Waals surface area contributed by atoms with Crippen molar-refractivity contribution in [1.29, 1.82) is 0 Å². The summed E-state index contributed by atoms with van der Waals surface area (Å²) >= 11 is 0. The molecule has 1 aliphatic heterocycles. The van der Waals surface area contributed by atoms with Crippen LogP contribution in [0.5, 0.6) is 0 Å². The number of ether oxygens (including phenoxy) is 2. The van der Waals surface area contributed by atoms with E-state index in [0.717, 1.165) is 24.7 Å². The second-order valence-electron chi connectivity index (χ2n) is 8.09. The van der Waals surface area contributed by atoms with Crippen LogP contribution in [0.4, 0.5) is 4.79 Å². The SMILES string of the molecule is CC(C)(C)OC(=O)N1CCC(C=O)(CCCOCc2ccccc2)CC1. The molecule has 1 heterocycles. The average molecular weight is 361 g/mol. The molecule has 5 nitrogen and oxygen atoms in total. The lowest BCUT2D eigenvalue weighted by Gasteiger charge is -2.38. The molecule has 0 atom stereocenters. The number of carbonyl (C=O) groups excluding carboxylic acids is 2. The van der Waals surface area contributed by atoms with E-state index in [9.17, 15) is 9.59 Å². The maximum Gasteiger partial charge on any atom is 0.410 e. The quantitative estimate of drug-likeness (QED) is 0.539. The van der Waals surface area contributed by atoms with E-state index in [2.05, 4.69) is 0 Å². The first kappa shape index (κ1) is 20.4. The van der Waals surface area contributed by atoms with Gasteiger partial charge in [-0.05, 0) is 52.0 Å². The van der Waals surface area contributed by atoms with Gasteiger partial charge in [0.25, 0.3) is 0 Å². The third kappa shape index (κ3) is 6.45. The number of aldehydes is 1. The zero-order chi connectivity index (χ0) is 19.0. The lowest BCUT2D eigenvalue weighted by atomic mass is 9.76. The van der Waals surface area contributed by atoms with Crippen molar-refractivity contribution in [1.82, 2.24) is 4.90 Å². The number of likely N-dealkylation sites (tertiary alicyclic amines) is 1. The number of hydrogen-bond donors (Lipinski definition) is 0. The summed E-state index contributed by atoms with van der Waals surface area (Å²) in [5.41, 5.74) is 0.323. The average Bonchev–Trinajstić information content (AvgIpc) is 2.61. The van der Waals surface area contributed by atoms with Crippen LogP contribution in [-0.4, -0.2) is 42.6 Å². The van der Waals surface area contributed by atoms with Crippen LogP contribution in [0.2, 0.25) is 0 Å². The van der Waals surface area contributed by atoms with Crippen molar-refractivity contribution in [3.8, 4) is 0 Å². The van der Waals surface area contributed by atoms with Crippen molar-refractivity contribution < 1.29 is 19.1 Å². The summed E-state index contributed by atoms with van der Waals surface area (Å²) in [5.74, 6) is 0. The van der Waals surface area contributed by atoms with Crippen LogP contribution < -0.4 is 0 Å². The fourth-order valence-corrected chi connectivity index (χ4v) is 3.18. The molecule has 0 spiro atoms. The standard InChI is InChI=1S/C21H31NO4/c1-20(2,3)26-19(24)22-13-11-21(17-23,12-14-22)10-7-15-25-16-18-8-5-4-6-9-18/h4-6,8-9,17H,7,10-16H2,1-3H3. The highest BCUT2D eigenvalue weighted by Gasteiger charge is 2.36. The molecule has 0 saturated carbocycles. The monoisotopic (exact) mass is 361 g/mol. The van der Waals surface area contributed by atoms with Gasteiger partial charge < -0.3 is 19.2 Å². The van der Waals surface area contributed by atoms with Gasteiger partial charge in [0, 0.05) is 25.1 Å². The van der Waals surface area contributed by atoms with Gasteiger partial charge in [0.2, 0.25) is 0 Å². The number of nitrogens with zero attached hydrogens (tertiary/aromatic N) is 1. The van der Waals surface area contributed by atoms with Gasteiger partial charge in [-0.2, -0.15) is 0 Å². The van der Waals surface area contributed by atoms with E-state index in [1.807, 2.05) is 51.1 Å². The molecule has 0 aliphatic carbocycles. The van der Waals surface area contributed by atoms with Crippen LogP contribution in [-0.2, 0) is 20.9 Å². The van der Waals surface area contributed by atoms with Gasteiger partial charge >= 0.3 is 6.09 Å². The summed E-state index contributed by atoms with van der Waals surface area (Å²) in [4.78, 5) is 25.5. The van der Waals surface area contributed by atoms with Gasteiger partial charge in [0.15, 0.2) is 0 Å². The molecule has 1 aromatic rings. The molecule has 144 valence electrons. The predicted molar refractivity (Wildman–Crippen MR) is 101 cm³/mol. The third-order valence-electron chi connectivity index (χ3n) is 4.74. The smallest absolute Gasteiger partial charge is 0.410 e.